The van der Waals surface area contributed by atoms with Crippen molar-refractivity contribution in [1.82, 2.24) is 4.90 Å². The third-order valence-electron chi connectivity index (χ3n) is 3.35. The van der Waals surface area contributed by atoms with Crippen LogP contribution >= 0.6 is 11.6 Å². The summed E-state index contributed by atoms with van der Waals surface area (Å²) in [5, 5.41) is 9.54. The van der Waals surface area contributed by atoms with Crippen molar-refractivity contribution < 1.29 is 19.4 Å². The van der Waals surface area contributed by atoms with Crippen LogP contribution in [0, 0.1) is 0 Å². The Morgan fingerprint density at radius 3 is 2.60 bits per heavy atom. The molecule has 0 bridgehead atoms. The number of carbonyl (C=O) groups is 2. The lowest BCUT2D eigenvalue weighted by Gasteiger charge is -2.26. The first kappa shape index (κ1) is 14.7. The van der Waals surface area contributed by atoms with E-state index in [1.165, 1.54) is 25.0 Å². The van der Waals surface area contributed by atoms with Crippen LogP contribution in [0.5, 0.6) is 5.75 Å². The van der Waals surface area contributed by atoms with Gasteiger partial charge in [-0.25, -0.2) is 4.79 Å². The van der Waals surface area contributed by atoms with Crippen molar-refractivity contribution in [3.63, 3.8) is 0 Å². The van der Waals surface area contributed by atoms with E-state index in [4.69, 9.17) is 21.4 Å². The standard InChI is InChI=1S/C14H16ClNO4/c1-8(14(18)19)16(10-4-5-10)13(17)9-3-6-11(15)12(7-9)20-2/h3,6-8,10H,4-5H2,1-2H3,(H,18,19). The average Bonchev–Trinajstić information content (AvgIpc) is 3.23. The molecule has 1 aromatic rings. The van der Waals surface area contributed by atoms with Gasteiger partial charge in [0.2, 0.25) is 0 Å². The van der Waals surface area contributed by atoms with E-state index >= 15 is 0 Å². The van der Waals surface area contributed by atoms with Gasteiger partial charge in [-0.05, 0) is 38.0 Å². The highest BCUT2D eigenvalue weighted by atomic mass is 35.5. The summed E-state index contributed by atoms with van der Waals surface area (Å²) in [5.41, 5.74) is 0.381. The minimum atomic E-state index is -1.01. The molecule has 0 spiro atoms. The van der Waals surface area contributed by atoms with Crippen molar-refractivity contribution in [2.24, 2.45) is 0 Å². The second-order valence-corrected chi connectivity index (χ2v) is 5.21. The van der Waals surface area contributed by atoms with Crippen LogP contribution < -0.4 is 4.74 Å². The van der Waals surface area contributed by atoms with Gasteiger partial charge in [-0.15, -0.1) is 0 Å². The van der Waals surface area contributed by atoms with Crippen LogP contribution in [0.3, 0.4) is 0 Å². The molecule has 1 unspecified atom stereocenters. The van der Waals surface area contributed by atoms with Gasteiger partial charge in [-0.3, -0.25) is 4.79 Å². The highest BCUT2D eigenvalue weighted by Gasteiger charge is 2.38. The number of methoxy groups -OCH3 is 1. The summed E-state index contributed by atoms with van der Waals surface area (Å²) in [6.45, 7) is 1.52. The van der Waals surface area contributed by atoms with Crippen LogP contribution in [0.1, 0.15) is 30.1 Å². The Morgan fingerprint density at radius 2 is 2.10 bits per heavy atom. The highest BCUT2D eigenvalue weighted by Crippen LogP contribution is 2.32. The fourth-order valence-corrected chi connectivity index (χ4v) is 2.27. The summed E-state index contributed by atoms with van der Waals surface area (Å²) >= 11 is 5.92. The smallest absolute Gasteiger partial charge is 0.326 e. The largest absolute Gasteiger partial charge is 0.495 e. The number of carboxylic acid groups (broad SMARTS) is 1. The van der Waals surface area contributed by atoms with Crippen LogP contribution in [-0.4, -0.2) is 41.1 Å². The summed E-state index contributed by atoms with van der Waals surface area (Å²) in [6, 6.07) is 3.85. The molecule has 0 aromatic heterocycles. The van der Waals surface area contributed by atoms with E-state index in [9.17, 15) is 9.59 Å². The monoisotopic (exact) mass is 297 g/mol. The zero-order valence-electron chi connectivity index (χ0n) is 11.3. The first-order valence-electron chi connectivity index (χ1n) is 6.34. The van der Waals surface area contributed by atoms with Gasteiger partial charge in [0, 0.05) is 11.6 Å². The van der Waals surface area contributed by atoms with E-state index in [1.54, 1.807) is 12.1 Å². The lowest BCUT2D eigenvalue weighted by Crippen LogP contribution is -2.44. The topological polar surface area (TPSA) is 66.8 Å². The van der Waals surface area contributed by atoms with Gasteiger partial charge < -0.3 is 14.7 Å². The molecule has 1 saturated carbocycles. The number of carboxylic acids is 1. The number of hydrogen-bond donors (Lipinski definition) is 1. The number of amides is 1. The second-order valence-electron chi connectivity index (χ2n) is 4.81. The van der Waals surface area contributed by atoms with E-state index in [2.05, 4.69) is 0 Å². The number of halogens is 1. The lowest BCUT2D eigenvalue weighted by atomic mass is 10.1. The number of ether oxygens (including phenoxy) is 1. The van der Waals surface area contributed by atoms with E-state index in [-0.39, 0.29) is 11.9 Å². The zero-order chi connectivity index (χ0) is 14.9. The zero-order valence-corrected chi connectivity index (χ0v) is 12.1. The molecule has 1 fully saturated rings. The molecule has 0 aliphatic heterocycles. The maximum atomic E-state index is 12.5. The molecule has 2 rings (SSSR count). The fourth-order valence-electron chi connectivity index (χ4n) is 2.07. The van der Waals surface area contributed by atoms with Gasteiger partial charge in [0.15, 0.2) is 0 Å². The van der Waals surface area contributed by atoms with E-state index < -0.39 is 12.0 Å². The quantitative estimate of drug-likeness (QED) is 0.906. The Labute approximate surface area is 122 Å². The minimum absolute atomic E-state index is 0.00951. The van der Waals surface area contributed by atoms with Crippen molar-refractivity contribution in [1.29, 1.82) is 0 Å². The first-order chi connectivity index (χ1) is 9.45. The Hall–Kier alpha value is -1.75. The van der Waals surface area contributed by atoms with E-state index in [0.29, 0.717) is 16.3 Å². The molecule has 0 saturated heterocycles. The van der Waals surface area contributed by atoms with Crippen molar-refractivity contribution in [2.75, 3.05) is 7.11 Å². The summed E-state index contributed by atoms with van der Waals surface area (Å²) in [6.07, 6.45) is 1.68. The highest BCUT2D eigenvalue weighted by molar-refractivity contribution is 6.32. The first-order valence-corrected chi connectivity index (χ1v) is 6.72. The molecule has 5 nitrogen and oxygen atoms in total. The van der Waals surface area contributed by atoms with Crippen molar-refractivity contribution in [3.8, 4) is 5.75 Å². The summed E-state index contributed by atoms with van der Waals surface area (Å²) in [4.78, 5) is 25.1. The van der Waals surface area contributed by atoms with Gasteiger partial charge in [0.1, 0.15) is 11.8 Å². The molecule has 1 aromatic carbocycles. The fraction of sp³-hybridized carbons (Fsp3) is 0.429. The Morgan fingerprint density at radius 1 is 1.45 bits per heavy atom. The number of aliphatic carboxylic acids is 1. The lowest BCUT2D eigenvalue weighted by molar-refractivity contribution is -0.141. The molecule has 6 heteroatoms. The molecular weight excluding hydrogens is 282 g/mol. The summed E-state index contributed by atoms with van der Waals surface area (Å²) < 4.78 is 5.08. The molecule has 0 heterocycles. The normalized spacial score (nSPS) is 15.6. The molecule has 0 radical (unpaired) electrons. The third kappa shape index (κ3) is 2.88. The summed E-state index contributed by atoms with van der Waals surface area (Å²) in [7, 11) is 1.47. The minimum Gasteiger partial charge on any atom is -0.495 e. The molecule has 1 amide bonds. The maximum absolute atomic E-state index is 12.5. The number of carbonyl (C=O) groups excluding carboxylic acids is 1. The van der Waals surface area contributed by atoms with Gasteiger partial charge in [-0.1, -0.05) is 11.6 Å². The number of hydrogen-bond acceptors (Lipinski definition) is 3. The van der Waals surface area contributed by atoms with Gasteiger partial charge in [0.05, 0.1) is 12.1 Å². The predicted octanol–water partition coefficient (Wildman–Crippen LogP) is 2.43. The van der Waals surface area contributed by atoms with E-state index in [1.807, 2.05) is 0 Å². The number of nitrogens with zero attached hydrogens (tertiary/aromatic N) is 1. The van der Waals surface area contributed by atoms with Crippen molar-refractivity contribution >= 4 is 23.5 Å². The number of rotatable bonds is 5. The third-order valence-corrected chi connectivity index (χ3v) is 3.66. The van der Waals surface area contributed by atoms with Gasteiger partial charge in [0.25, 0.3) is 5.91 Å². The van der Waals surface area contributed by atoms with Gasteiger partial charge >= 0.3 is 5.97 Å². The maximum Gasteiger partial charge on any atom is 0.326 e. The molecular formula is C14H16ClNO4. The molecule has 1 atom stereocenters. The molecule has 20 heavy (non-hydrogen) atoms. The second kappa shape index (κ2) is 5.71. The predicted molar refractivity (Wildman–Crippen MR) is 74.3 cm³/mol. The van der Waals surface area contributed by atoms with Crippen molar-refractivity contribution in [3.05, 3.63) is 28.8 Å². The molecule has 1 N–H and O–H groups in total. The summed E-state index contributed by atoms with van der Waals surface area (Å²) in [5.74, 6) is -0.917. The van der Waals surface area contributed by atoms with Gasteiger partial charge in [-0.2, -0.15) is 0 Å². The van der Waals surface area contributed by atoms with Crippen LogP contribution in [0.15, 0.2) is 18.2 Å². The van der Waals surface area contributed by atoms with Crippen LogP contribution in [0.25, 0.3) is 0 Å². The van der Waals surface area contributed by atoms with Crippen LogP contribution in [0.2, 0.25) is 5.02 Å². The SMILES string of the molecule is COc1cc(C(=O)N(C2CC2)C(C)C(=O)O)ccc1Cl. The van der Waals surface area contributed by atoms with Crippen LogP contribution in [0.4, 0.5) is 0 Å². The number of benzene rings is 1. The Kier molecular flexibility index (Phi) is 4.18. The molecule has 1 aliphatic rings. The molecule has 108 valence electrons. The van der Waals surface area contributed by atoms with E-state index in [0.717, 1.165) is 12.8 Å². The Bertz CT molecular complexity index is 542. The van der Waals surface area contributed by atoms with Crippen LogP contribution in [-0.2, 0) is 4.79 Å². The average molecular weight is 298 g/mol. The van der Waals surface area contributed by atoms with Crippen molar-refractivity contribution in [2.45, 2.75) is 31.8 Å². The molecule has 1 aliphatic carbocycles. The Balaban J connectivity index is 2.30.